The lowest BCUT2D eigenvalue weighted by atomic mass is 10.0. The smallest absolute Gasteiger partial charge is 0.420 e. The van der Waals surface area contributed by atoms with Crippen LogP contribution in [0.3, 0.4) is 0 Å². The van der Waals surface area contributed by atoms with E-state index in [2.05, 4.69) is 4.98 Å². The Morgan fingerprint density at radius 3 is 2.44 bits per heavy atom. The molecule has 0 fully saturated rings. The van der Waals surface area contributed by atoms with Crippen LogP contribution in [0.15, 0.2) is 48.8 Å². The molecule has 7 nitrogen and oxygen atoms in total. The second-order valence-electron chi connectivity index (χ2n) is 6.57. The van der Waals surface area contributed by atoms with Gasteiger partial charge in [-0.2, -0.15) is 0 Å². The molecule has 0 N–H and O–H groups in total. The van der Waals surface area contributed by atoms with Gasteiger partial charge < -0.3 is 4.74 Å². The SMILES string of the molecule is CC(C)(C)OC(=O)n1cnc2c(-c3ccc([N+](=O)[O-])cc3)cccc21. The molecule has 25 heavy (non-hydrogen) atoms. The lowest BCUT2D eigenvalue weighted by molar-refractivity contribution is -0.384. The molecule has 0 saturated carbocycles. The summed E-state index contributed by atoms with van der Waals surface area (Å²) < 4.78 is 6.74. The van der Waals surface area contributed by atoms with Gasteiger partial charge in [0.05, 0.1) is 16.0 Å². The maximum absolute atomic E-state index is 12.3. The van der Waals surface area contributed by atoms with Crippen LogP contribution >= 0.6 is 0 Å². The van der Waals surface area contributed by atoms with Crippen molar-refractivity contribution in [3.8, 4) is 11.1 Å². The molecule has 2 aromatic carbocycles. The number of nitro groups is 1. The molecule has 0 aliphatic carbocycles. The van der Waals surface area contributed by atoms with Crippen molar-refractivity contribution in [1.82, 2.24) is 9.55 Å². The maximum Gasteiger partial charge on any atom is 0.420 e. The van der Waals surface area contributed by atoms with Crippen LogP contribution in [0.25, 0.3) is 22.2 Å². The Balaban J connectivity index is 2.04. The van der Waals surface area contributed by atoms with Crippen LogP contribution < -0.4 is 0 Å². The molecule has 0 bridgehead atoms. The molecular formula is C18H17N3O4. The lowest BCUT2D eigenvalue weighted by Crippen LogP contribution is -2.26. The zero-order chi connectivity index (χ0) is 18.2. The van der Waals surface area contributed by atoms with E-state index in [0.29, 0.717) is 11.0 Å². The predicted molar refractivity (Wildman–Crippen MR) is 93.5 cm³/mol. The Morgan fingerprint density at radius 2 is 1.84 bits per heavy atom. The van der Waals surface area contributed by atoms with Gasteiger partial charge in [0.2, 0.25) is 0 Å². The number of ether oxygens (including phenoxy) is 1. The third-order valence-corrected chi connectivity index (χ3v) is 3.56. The number of benzene rings is 2. The molecule has 0 aliphatic rings. The van der Waals surface area contributed by atoms with Crippen molar-refractivity contribution < 1.29 is 14.5 Å². The average Bonchev–Trinajstić information content (AvgIpc) is 2.97. The van der Waals surface area contributed by atoms with Gasteiger partial charge in [0.1, 0.15) is 11.9 Å². The van der Waals surface area contributed by atoms with E-state index >= 15 is 0 Å². The summed E-state index contributed by atoms with van der Waals surface area (Å²) in [5, 5.41) is 10.8. The maximum atomic E-state index is 12.3. The number of hydrogen-bond donors (Lipinski definition) is 0. The number of nitro benzene ring substituents is 1. The van der Waals surface area contributed by atoms with Gasteiger partial charge in [0.15, 0.2) is 0 Å². The molecule has 0 atom stereocenters. The summed E-state index contributed by atoms with van der Waals surface area (Å²) in [4.78, 5) is 27.0. The number of carbonyl (C=O) groups is 1. The number of fused-ring (bicyclic) bond motifs is 1. The zero-order valence-corrected chi connectivity index (χ0v) is 14.1. The molecule has 0 spiro atoms. The third-order valence-electron chi connectivity index (χ3n) is 3.56. The highest BCUT2D eigenvalue weighted by Gasteiger charge is 2.20. The summed E-state index contributed by atoms with van der Waals surface area (Å²) in [6.07, 6.45) is 0.920. The normalized spacial score (nSPS) is 11.5. The first-order valence-corrected chi connectivity index (χ1v) is 7.70. The predicted octanol–water partition coefficient (Wildman–Crippen LogP) is 4.39. The van der Waals surface area contributed by atoms with Gasteiger partial charge in [-0.3, -0.25) is 10.1 Å². The van der Waals surface area contributed by atoms with Gasteiger partial charge in [0.25, 0.3) is 5.69 Å². The fourth-order valence-corrected chi connectivity index (χ4v) is 2.49. The van der Waals surface area contributed by atoms with E-state index in [-0.39, 0.29) is 5.69 Å². The van der Waals surface area contributed by atoms with Crippen LogP contribution in [0, 0.1) is 10.1 Å². The number of rotatable bonds is 2. The van der Waals surface area contributed by atoms with E-state index in [1.807, 2.05) is 12.1 Å². The van der Waals surface area contributed by atoms with Crippen molar-refractivity contribution in [3.63, 3.8) is 0 Å². The van der Waals surface area contributed by atoms with Crippen LogP contribution in [0.5, 0.6) is 0 Å². The quantitative estimate of drug-likeness (QED) is 0.510. The van der Waals surface area contributed by atoms with Crippen LogP contribution in [-0.4, -0.2) is 26.2 Å². The number of carbonyl (C=O) groups excluding carboxylic acids is 1. The molecule has 1 aromatic heterocycles. The van der Waals surface area contributed by atoms with Crippen molar-refractivity contribution in [1.29, 1.82) is 0 Å². The molecule has 0 radical (unpaired) electrons. The van der Waals surface area contributed by atoms with Gasteiger partial charge in [0, 0.05) is 17.7 Å². The second kappa shape index (κ2) is 6.01. The zero-order valence-electron chi connectivity index (χ0n) is 14.1. The molecule has 128 valence electrons. The Kier molecular flexibility index (Phi) is 4.00. The van der Waals surface area contributed by atoms with Crippen molar-refractivity contribution in [3.05, 3.63) is 58.9 Å². The summed E-state index contributed by atoms with van der Waals surface area (Å²) >= 11 is 0. The highest BCUT2D eigenvalue weighted by Crippen LogP contribution is 2.29. The minimum atomic E-state index is -0.607. The van der Waals surface area contributed by atoms with Gasteiger partial charge >= 0.3 is 6.09 Å². The van der Waals surface area contributed by atoms with Crippen LogP contribution in [-0.2, 0) is 4.74 Å². The number of aromatic nitrogens is 2. The van der Waals surface area contributed by atoms with Gasteiger partial charge in [-0.05, 0) is 44.5 Å². The standard InChI is InChI=1S/C18H17N3O4/c1-18(2,3)25-17(22)20-11-19-16-14(5-4-6-15(16)20)12-7-9-13(10-8-12)21(23)24/h4-11H,1-3H3. The molecule has 0 aliphatic heterocycles. The topological polar surface area (TPSA) is 87.3 Å². The van der Waals surface area contributed by atoms with Gasteiger partial charge in [-0.1, -0.05) is 12.1 Å². The molecule has 0 amide bonds. The van der Waals surface area contributed by atoms with Crippen molar-refractivity contribution in [2.75, 3.05) is 0 Å². The number of non-ortho nitro benzene ring substituents is 1. The first kappa shape index (κ1) is 16.6. The Bertz CT molecular complexity index is 953. The molecule has 0 unspecified atom stereocenters. The molecule has 7 heteroatoms. The van der Waals surface area contributed by atoms with Crippen molar-refractivity contribution in [2.24, 2.45) is 0 Å². The molecule has 1 heterocycles. The second-order valence-corrected chi connectivity index (χ2v) is 6.57. The monoisotopic (exact) mass is 339 g/mol. The number of para-hydroxylation sites is 1. The first-order valence-electron chi connectivity index (χ1n) is 7.70. The average molecular weight is 339 g/mol. The minimum absolute atomic E-state index is 0.0233. The van der Waals surface area contributed by atoms with E-state index in [1.165, 1.54) is 23.0 Å². The summed E-state index contributed by atoms with van der Waals surface area (Å²) in [5.74, 6) is 0. The first-order chi connectivity index (χ1) is 11.8. The molecule has 3 aromatic rings. The Hall–Kier alpha value is -3.22. The summed E-state index contributed by atoms with van der Waals surface area (Å²) in [6.45, 7) is 5.39. The number of hydrogen-bond acceptors (Lipinski definition) is 5. The van der Waals surface area contributed by atoms with E-state index < -0.39 is 16.6 Å². The fraction of sp³-hybridized carbons (Fsp3) is 0.222. The van der Waals surface area contributed by atoms with E-state index in [4.69, 9.17) is 4.74 Å². The van der Waals surface area contributed by atoms with Crippen LogP contribution in [0.1, 0.15) is 20.8 Å². The van der Waals surface area contributed by atoms with Crippen molar-refractivity contribution in [2.45, 2.75) is 26.4 Å². The van der Waals surface area contributed by atoms with Crippen LogP contribution in [0.2, 0.25) is 0 Å². The van der Waals surface area contributed by atoms with E-state index in [1.54, 1.807) is 39.0 Å². The largest absolute Gasteiger partial charge is 0.443 e. The lowest BCUT2D eigenvalue weighted by Gasteiger charge is -2.19. The number of imidazole rings is 1. The van der Waals surface area contributed by atoms with Gasteiger partial charge in [-0.25, -0.2) is 14.3 Å². The minimum Gasteiger partial charge on any atom is -0.443 e. The van der Waals surface area contributed by atoms with Crippen molar-refractivity contribution >= 4 is 22.8 Å². The fourth-order valence-electron chi connectivity index (χ4n) is 2.49. The highest BCUT2D eigenvalue weighted by molar-refractivity contribution is 5.96. The van der Waals surface area contributed by atoms with E-state index in [0.717, 1.165) is 11.1 Å². The molecule has 0 saturated heterocycles. The van der Waals surface area contributed by atoms with Crippen LogP contribution in [0.4, 0.5) is 10.5 Å². The summed E-state index contributed by atoms with van der Waals surface area (Å²) in [5.41, 5.74) is 2.23. The molecular weight excluding hydrogens is 322 g/mol. The van der Waals surface area contributed by atoms with E-state index in [9.17, 15) is 14.9 Å². The highest BCUT2D eigenvalue weighted by atomic mass is 16.6. The summed E-state index contributed by atoms with van der Waals surface area (Å²) in [6, 6.07) is 11.7. The summed E-state index contributed by atoms with van der Waals surface area (Å²) in [7, 11) is 0. The number of nitrogens with zero attached hydrogens (tertiary/aromatic N) is 3. The third kappa shape index (κ3) is 3.35. The molecule has 3 rings (SSSR count). The van der Waals surface area contributed by atoms with Gasteiger partial charge in [-0.15, -0.1) is 0 Å². The Morgan fingerprint density at radius 1 is 1.16 bits per heavy atom. The Labute approximate surface area is 144 Å².